The predicted molar refractivity (Wildman–Crippen MR) is 222 cm³/mol. The van der Waals surface area contributed by atoms with E-state index in [1.165, 1.54) is 83.7 Å². The maximum Gasteiger partial charge on any atom is 4.00 e. The van der Waals surface area contributed by atoms with E-state index in [9.17, 15) is 0 Å². The summed E-state index contributed by atoms with van der Waals surface area (Å²) >= 11 is 0. The Morgan fingerprint density at radius 3 is 1.68 bits per heavy atom. The van der Waals surface area contributed by atoms with Crippen LogP contribution in [0, 0.1) is 20.8 Å². The van der Waals surface area contributed by atoms with Crippen LogP contribution in [0.15, 0.2) is 115 Å². The van der Waals surface area contributed by atoms with E-state index in [1.807, 2.05) is 0 Å². The van der Waals surface area contributed by atoms with Gasteiger partial charge < -0.3 is 13.8 Å². The smallest absolute Gasteiger partial charge is 0.343 e. The van der Waals surface area contributed by atoms with E-state index in [-0.39, 0.29) is 32.5 Å². The first-order valence-electron chi connectivity index (χ1n) is 18.2. The van der Waals surface area contributed by atoms with Crippen LogP contribution < -0.4 is 0 Å². The van der Waals surface area contributed by atoms with Gasteiger partial charge in [-0.3, -0.25) is 0 Å². The monoisotopic (exact) mass is 694 g/mol. The van der Waals surface area contributed by atoms with Crippen LogP contribution in [0.5, 0.6) is 0 Å². The first-order valence-corrected chi connectivity index (χ1v) is 18.2. The number of hydrogen-bond donors (Lipinski definition) is 0. The van der Waals surface area contributed by atoms with Gasteiger partial charge in [-0.25, -0.2) is 0 Å². The van der Waals surface area contributed by atoms with E-state index in [4.69, 9.17) is 0 Å². The van der Waals surface area contributed by atoms with Crippen LogP contribution in [-0.2, 0) is 32.5 Å². The molecule has 0 bridgehead atoms. The topological polar surface area (TPSA) is 0 Å². The maximum absolute atomic E-state index is 3.60. The molecule has 0 aliphatic carbocycles. The van der Waals surface area contributed by atoms with Gasteiger partial charge in [0.2, 0.25) is 0 Å². The van der Waals surface area contributed by atoms with Crippen molar-refractivity contribution in [3.8, 4) is 11.1 Å². The van der Waals surface area contributed by atoms with E-state index < -0.39 is 0 Å². The summed E-state index contributed by atoms with van der Waals surface area (Å²) < 4.78 is 0. The molecular weight excluding hydrogens is 636 g/mol. The largest absolute Gasteiger partial charge is 4.00 e. The van der Waals surface area contributed by atoms with Gasteiger partial charge in [-0.15, -0.1) is 85.9 Å². The standard InChI is InChI=1S/C21H25.C20H15.2C4H9.Ti/c1-20(2,3)16-9-10-18-15(12-16)11-14-7-8-17(13-19(14)18)21(4,5)6;1-14-12-17-8-4-5-9-19(17)20(14)18-11-10-15-6-2-3-7-16(15)13-18;2*1-3-4-2;/h7-13H,1-6H3;2-13H,1H3;2*1,3-4H2,2H3;/q4*-1;+4. The van der Waals surface area contributed by atoms with Crippen molar-refractivity contribution >= 4 is 43.1 Å². The first kappa shape index (κ1) is 41.0. The molecule has 0 aliphatic heterocycles. The molecule has 0 heterocycles. The van der Waals surface area contributed by atoms with Crippen molar-refractivity contribution < 1.29 is 21.7 Å². The number of unbranched alkanes of at least 4 members (excludes halogenated alkanes) is 2. The maximum atomic E-state index is 3.60. The number of benzene rings is 5. The van der Waals surface area contributed by atoms with Gasteiger partial charge in [-0.2, -0.15) is 12.8 Å². The quantitative estimate of drug-likeness (QED) is 0.128. The minimum atomic E-state index is 0. The van der Waals surface area contributed by atoms with Crippen molar-refractivity contribution in [1.29, 1.82) is 0 Å². The molecule has 1 heteroatoms. The van der Waals surface area contributed by atoms with Gasteiger partial charge in [0.15, 0.2) is 0 Å². The van der Waals surface area contributed by atoms with Gasteiger partial charge in [-0.05, 0) is 21.6 Å². The average molecular weight is 695 g/mol. The van der Waals surface area contributed by atoms with Crippen LogP contribution in [0.1, 0.15) is 97.8 Å². The molecule has 0 saturated carbocycles. The molecular formula is C49H58Ti. The Hall–Kier alpha value is -3.45. The van der Waals surface area contributed by atoms with Crippen molar-refractivity contribution in [2.75, 3.05) is 0 Å². The summed E-state index contributed by atoms with van der Waals surface area (Å²) in [5.74, 6) is 0. The molecule has 0 atom stereocenters. The zero-order valence-corrected chi connectivity index (χ0v) is 33.8. The van der Waals surface area contributed by atoms with E-state index in [2.05, 4.69) is 191 Å². The van der Waals surface area contributed by atoms with Gasteiger partial charge in [-0.1, -0.05) is 165 Å². The molecule has 258 valence electrons. The second kappa shape index (κ2) is 18.2. The van der Waals surface area contributed by atoms with E-state index >= 15 is 0 Å². The molecule has 7 rings (SSSR count). The van der Waals surface area contributed by atoms with E-state index in [0.29, 0.717) is 0 Å². The van der Waals surface area contributed by atoms with Crippen molar-refractivity contribution in [2.24, 2.45) is 0 Å². The normalized spacial score (nSPS) is 11.3. The average Bonchev–Trinajstić information content (AvgIpc) is 3.63. The Morgan fingerprint density at radius 1 is 0.520 bits per heavy atom. The molecule has 0 spiro atoms. The summed E-state index contributed by atoms with van der Waals surface area (Å²) in [6, 6.07) is 42.3. The van der Waals surface area contributed by atoms with Crippen molar-refractivity contribution in [3.63, 3.8) is 0 Å². The van der Waals surface area contributed by atoms with Crippen LogP contribution in [0.2, 0.25) is 0 Å². The zero-order valence-electron chi connectivity index (χ0n) is 32.2. The van der Waals surface area contributed by atoms with Gasteiger partial charge in [0.1, 0.15) is 0 Å². The second-order valence-electron chi connectivity index (χ2n) is 15.3. The molecule has 0 fully saturated rings. The van der Waals surface area contributed by atoms with Crippen molar-refractivity contribution in [1.82, 2.24) is 0 Å². The van der Waals surface area contributed by atoms with Crippen molar-refractivity contribution in [2.45, 2.75) is 98.8 Å². The third kappa shape index (κ3) is 10.1. The van der Waals surface area contributed by atoms with Crippen LogP contribution in [-0.4, -0.2) is 0 Å². The van der Waals surface area contributed by atoms with Crippen LogP contribution in [0.25, 0.3) is 54.2 Å². The minimum Gasteiger partial charge on any atom is -0.343 e. The van der Waals surface area contributed by atoms with Crippen LogP contribution in [0.3, 0.4) is 0 Å². The van der Waals surface area contributed by atoms with Gasteiger partial charge >= 0.3 is 21.7 Å². The van der Waals surface area contributed by atoms with Gasteiger partial charge in [0.25, 0.3) is 0 Å². The Kier molecular flexibility index (Phi) is 14.9. The fourth-order valence-corrected chi connectivity index (χ4v) is 6.04. The summed E-state index contributed by atoms with van der Waals surface area (Å²) in [6.07, 6.45) is 4.56. The summed E-state index contributed by atoms with van der Waals surface area (Å²) in [5.41, 5.74) is 7.23. The molecule has 0 radical (unpaired) electrons. The fourth-order valence-electron chi connectivity index (χ4n) is 6.04. The molecule has 7 aromatic rings. The Labute approximate surface area is 318 Å². The van der Waals surface area contributed by atoms with Crippen LogP contribution in [0.4, 0.5) is 0 Å². The Balaban J connectivity index is 0.000000220. The molecule has 7 aromatic carbocycles. The Bertz CT molecular complexity index is 2080. The SMILES string of the molecule is CC(C)(C)c1ccc2c(c1)[cH-]c1ccc(C(C)(C)C)cc12.Cc1[cH-]c2ccccc2c1-c1ccc2ccccc2c1.[CH2-]CCC.[CH2-]CCC.[Ti+4]. The minimum absolute atomic E-state index is 0. The van der Waals surface area contributed by atoms with E-state index in [1.54, 1.807) is 0 Å². The number of fused-ring (bicyclic) bond motifs is 5. The summed E-state index contributed by atoms with van der Waals surface area (Å²) in [7, 11) is 0. The van der Waals surface area contributed by atoms with Crippen LogP contribution >= 0.6 is 0 Å². The van der Waals surface area contributed by atoms with E-state index in [0.717, 1.165) is 12.8 Å². The van der Waals surface area contributed by atoms with Crippen molar-refractivity contribution in [3.05, 3.63) is 146 Å². The molecule has 0 N–H and O–H groups in total. The molecule has 50 heavy (non-hydrogen) atoms. The third-order valence-corrected chi connectivity index (χ3v) is 9.18. The summed E-state index contributed by atoms with van der Waals surface area (Å²) in [5, 5.41) is 10.8. The number of hydrogen-bond acceptors (Lipinski definition) is 0. The molecule has 0 nitrogen and oxygen atoms in total. The Morgan fingerprint density at radius 2 is 1.06 bits per heavy atom. The number of rotatable bonds is 3. The summed E-state index contributed by atoms with van der Waals surface area (Å²) in [6.45, 7) is 27.3. The molecule has 0 amide bonds. The van der Waals surface area contributed by atoms with Gasteiger partial charge in [0.05, 0.1) is 0 Å². The second-order valence-corrected chi connectivity index (χ2v) is 15.3. The third-order valence-electron chi connectivity index (χ3n) is 9.18. The first-order chi connectivity index (χ1) is 23.3. The zero-order chi connectivity index (χ0) is 35.8. The molecule has 0 unspecified atom stereocenters. The summed E-state index contributed by atoms with van der Waals surface area (Å²) in [4.78, 5) is 0. The molecule has 0 saturated heterocycles. The fraction of sp³-hybridized carbons (Fsp3) is 0.306. The molecule has 0 aromatic heterocycles. The predicted octanol–water partition coefficient (Wildman–Crippen LogP) is 15.2. The van der Waals surface area contributed by atoms with Gasteiger partial charge in [0, 0.05) is 0 Å². The number of aryl methyl sites for hydroxylation is 1. The molecule has 0 aliphatic rings.